The molecule has 0 bridgehead atoms. The number of hydrogen-bond acceptors (Lipinski definition) is 6. The van der Waals surface area contributed by atoms with Crippen molar-refractivity contribution in [3.8, 4) is 11.5 Å². The Kier molecular flexibility index (Phi) is 3.53. The number of amides is 1. The Morgan fingerprint density at radius 3 is 2.85 bits per heavy atom. The average Bonchev–Trinajstić information content (AvgIpc) is 3.27. The summed E-state index contributed by atoms with van der Waals surface area (Å²) in [4.78, 5) is 17.8. The van der Waals surface area contributed by atoms with Gasteiger partial charge in [0.25, 0.3) is 0 Å². The standard InChI is InChI=1S/C19H15N3O3S/c23-16-9-13(11-6-7-14-15(8-11)25-10-24-14)17-18(21-16)22-19(26-17)20-12-4-2-1-3-5-12/h1-8,13H,9-10H2,(H,20,22)(H,21,23)/t13-/m1/s1. The van der Waals surface area contributed by atoms with Crippen molar-refractivity contribution in [2.75, 3.05) is 17.4 Å². The summed E-state index contributed by atoms with van der Waals surface area (Å²) < 4.78 is 10.9. The number of nitrogens with zero attached hydrogens (tertiary/aromatic N) is 1. The van der Waals surface area contributed by atoms with Gasteiger partial charge in [0.15, 0.2) is 16.6 Å². The number of hydrogen-bond donors (Lipinski definition) is 2. The van der Waals surface area contributed by atoms with Gasteiger partial charge in [-0.3, -0.25) is 4.79 Å². The van der Waals surface area contributed by atoms with Crippen LogP contribution < -0.4 is 20.1 Å². The number of benzene rings is 2. The van der Waals surface area contributed by atoms with Crippen LogP contribution in [0.15, 0.2) is 48.5 Å². The Bertz CT molecular complexity index is 987. The monoisotopic (exact) mass is 365 g/mol. The van der Waals surface area contributed by atoms with E-state index in [2.05, 4.69) is 15.6 Å². The van der Waals surface area contributed by atoms with Gasteiger partial charge in [-0.1, -0.05) is 35.6 Å². The second kappa shape index (κ2) is 6.03. The summed E-state index contributed by atoms with van der Waals surface area (Å²) in [5, 5.41) is 6.94. The molecule has 0 fully saturated rings. The van der Waals surface area contributed by atoms with E-state index in [9.17, 15) is 4.79 Å². The van der Waals surface area contributed by atoms with Gasteiger partial charge in [0, 0.05) is 18.0 Å². The molecule has 6 nitrogen and oxygen atoms in total. The van der Waals surface area contributed by atoms with E-state index in [1.165, 1.54) is 0 Å². The molecule has 0 saturated heterocycles. The first-order valence-electron chi connectivity index (χ1n) is 8.28. The first kappa shape index (κ1) is 15.2. The van der Waals surface area contributed by atoms with Gasteiger partial charge in [-0.25, -0.2) is 4.98 Å². The van der Waals surface area contributed by atoms with E-state index in [4.69, 9.17) is 9.47 Å². The molecule has 0 unspecified atom stereocenters. The maximum atomic E-state index is 12.2. The lowest BCUT2D eigenvalue weighted by Gasteiger charge is -2.21. The van der Waals surface area contributed by atoms with Gasteiger partial charge < -0.3 is 20.1 Å². The number of aromatic nitrogens is 1. The summed E-state index contributed by atoms with van der Waals surface area (Å²) in [5.41, 5.74) is 1.99. The highest BCUT2D eigenvalue weighted by Gasteiger charge is 2.31. The van der Waals surface area contributed by atoms with Gasteiger partial charge in [0.2, 0.25) is 12.7 Å². The summed E-state index contributed by atoms with van der Waals surface area (Å²) in [6.45, 7) is 0.237. The molecule has 3 aromatic rings. The highest BCUT2D eigenvalue weighted by Crippen LogP contribution is 2.45. The molecule has 7 heteroatoms. The van der Waals surface area contributed by atoms with Crippen LogP contribution in [0.3, 0.4) is 0 Å². The molecule has 2 aliphatic rings. The topological polar surface area (TPSA) is 72.5 Å². The molecule has 1 atom stereocenters. The first-order valence-corrected chi connectivity index (χ1v) is 9.10. The fraction of sp³-hybridized carbons (Fsp3) is 0.158. The molecule has 0 radical (unpaired) electrons. The number of fused-ring (bicyclic) bond motifs is 2. The molecule has 0 aliphatic carbocycles. The van der Waals surface area contributed by atoms with Crippen LogP contribution in [-0.4, -0.2) is 17.7 Å². The van der Waals surface area contributed by atoms with Gasteiger partial charge in [-0.05, 0) is 29.8 Å². The number of carbonyl (C=O) groups is 1. The van der Waals surface area contributed by atoms with E-state index >= 15 is 0 Å². The number of carbonyl (C=O) groups excluding carboxylic acids is 1. The Labute approximate surface area is 153 Å². The summed E-state index contributed by atoms with van der Waals surface area (Å²) in [6.07, 6.45) is 0.389. The van der Waals surface area contributed by atoms with Crippen molar-refractivity contribution in [1.82, 2.24) is 4.98 Å². The van der Waals surface area contributed by atoms with Crippen molar-refractivity contribution in [2.24, 2.45) is 0 Å². The minimum absolute atomic E-state index is 0.0308. The number of thiazole rings is 1. The van der Waals surface area contributed by atoms with E-state index in [1.54, 1.807) is 11.3 Å². The van der Waals surface area contributed by atoms with Crippen LogP contribution in [0.1, 0.15) is 22.8 Å². The molecule has 1 amide bonds. The van der Waals surface area contributed by atoms with Crippen LogP contribution in [-0.2, 0) is 4.79 Å². The van der Waals surface area contributed by atoms with E-state index < -0.39 is 0 Å². The van der Waals surface area contributed by atoms with Crippen LogP contribution in [0.25, 0.3) is 0 Å². The fourth-order valence-corrected chi connectivity index (χ4v) is 4.29. The highest BCUT2D eigenvalue weighted by molar-refractivity contribution is 7.16. The Hall–Kier alpha value is -3.06. The van der Waals surface area contributed by atoms with Crippen molar-refractivity contribution in [3.63, 3.8) is 0 Å². The zero-order chi connectivity index (χ0) is 17.5. The third-order valence-electron chi connectivity index (χ3n) is 4.44. The van der Waals surface area contributed by atoms with Crippen LogP contribution >= 0.6 is 11.3 Å². The quantitative estimate of drug-likeness (QED) is 0.731. The SMILES string of the molecule is O=C1C[C@H](c2ccc3c(c2)OCO3)c2sc(Nc3ccccc3)nc2N1. The van der Waals surface area contributed by atoms with Gasteiger partial charge in [-0.2, -0.15) is 0 Å². The normalized spacial score (nSPS) is 17.5. The molecule has 2 aliphatic heterocycles. The highest BCUT2D eigenvalue weighted by atomic mass is 32.1. The summed E-state index contributed by atoms with van der Waals surface area (Å²) in [7, 11) is 0. The molecule has 2 aromatic carbocycles. The predicted octanol–water partition coefficient (Wildman–Crippen LogP) is 4.09. The minimum Gasteiger partial charge on any atom is -0.454 e. The summed E-state index contributed by atoms with van der Waals surface area (Å²) in [6, 6.07) is 15.7. The zero-order valence-corrected chi connectivity index (χ0v) is 14.5. The number of nitrogens with one attached hydrogen (secondary N) is 2. The van der Waals surface area contributed by atoms with E-state index in [-0.39, 0.29) is 18.6 Å². The van der Waals surface area contributed by atoms with Gasteiger partial charge in [0.05, 0.1) is 4.88 Å². The lowest BCUT2D eigenvalue weighted by atomic mass is 9.91. The molecule has 5 rings (SSSR count). The number of ether oxygens (including phenoxy) is 2. The molecule has 0 spiro atoms. The Morgan fingerprint density at radius 1 is 1.12 bits per heavy atom. The van der Waals surface area contributed by atoms with Crippen molar-refractivity contribution in [3.05, 3.63) is 59.0 Å². The number of rotatable bonds is 3. The second-order valence-corrected chi connectivity index (χ2v) is 7.17. The van der Waals surface area contributed by atoms with E-state index in [1.807, 2.05) is 48.5 Å². The Balaban J connectivity index is 1.50. The lowest BCUT2D eigenvalue weighted by Crippen LogP contribution is -2.22. The molecule has 0 saturated carbocycles. The van der Waals surface area contributed by atoms with Crippen LogP contribution in [0.4, 0.5) is 16.6 Å². The summed E-state index contributed by atoms with van der Waals surface area (Å²) >= 11 is 1.56. The van der Waals surface area contributed by atoms with Crippen molar-refractivity contribution < 1.29 is 14.3 Å². The fourth-order valence-electron chi connectivity index (χ4n) is 3.22. The van der Waals surface area contributed by atoms with E-state index in [0.717, 1.165) is 32.8 Å². The maximum Gasteiger partial charge on any atom is 0.231 e. The number of anilines is 3. The van der Waals surface area contributed by atoms with Gasteiger partial charge in [-0.15, -0.1) is 0 Å². The maximum absolute atomic E-state index is 12.2. The first-order chi connectivity index (χ1) is 12.8. The Morgan fingerprint density at radius 2 is 1.96 bits per heavy atom. The molecule has 26 heavy (non-hydrogen) atoms. The van der Waals surface area contributed by atoms with Gasteiger partial charge >= 0.3 is 0 Å². The number of para-hydroxylation sites is 1. The van der Waals surface area contributed by atoms with E-state index in [0.29, 0.717) is 12.2 Å². The van der Waals surface area contributed by atoms with Crippen molar-refractivity contribution in [1.29, 1.82) is 0 Å². The van der Waals surface area contributed by atoms with Crippen LogP contribution in [0.2, 0.25) is 0 Å². The molecule has 2 N–H and O–H groups in total. The molecular weight excluding hydrogens is 350 g/mol. The van der Waals surface area contributed by atoms with Crippen LogP contribution in [0.5, 0.6) is 11.5 Å². The smallest absolute Gasteiger partial charge is 0.231 e. The zero-order valence-electron chi connectivity index (χ0n) is 13.7. The van der Waals surface area contributed by atoms with Crippen molar-refractivity contribution in [2.45, 2.75) is 12.3 Å². The second-order valence-electron chi connectivity index (χ2n) is 6.14. The lowest BCUT2D eigenvalue weighted by molar-refractivity contribution is -0.116. The largest absolute Gasteiger partial charge is 0.454 e. The predicted molar refractivity (Wildman–Crippen MR) is 99.5 cm³/mol. The minimum atomic E-state index is -0.0444. The molecule has 130 valence electrons. The average molecular weight is 365 g/mol. The third kappa shape index (κ3) is 2.66. The summed E-state index contributed by atoms with van der Waals surface area (Å²) in [5.74, 6) is 2.02. The molecule has 3 heterocycles. The molecule has 1 aromatic heterocycles. The van der Waals surface area contributed by atoms with Crippen LogP contribution in [0, 0.1) is 0 Å². The van der Waals surface area contributed by atoms with Gasteiger partial charge in [0.1, 0.15) is 5.82 Å². The third-order valence-corrected chi connectivity index (χ3v) is 5.53. The van der Waals surface area contributed by atoms with Crippen molar-refractivity contribution >= 4 is 33.9 Å². The molecular formula is C19H15N3O3S.